The lowest BCUT2D eigenvalue weighted by Gasteiger charge is -2.76. The molecular weight excluding hydrogens is 199 g/mol. The van der Waals surface area contributed by atoms with Crippen LogP contribution in [0.4, 0.5) is 0 Å². The van der Waals surface area contributed by atoms with Gasteiger partial charge in [-0.15, -0.1) is 0 Å². The average Bonchev–Trinajstić information content (AvgIpc) is 2.28. The quantitative estimate of drug-likeness (QED) is 0.710. The summed E-state index contributed by atoms with van der Waals surface area (Å²) in [4.78, 5) is 0. The predicted octanol–water partition coefficient (Wildman–Crippen LogP) is 0.664. The molecule has 3 fully saturated rings. The van der Waals surface area contributed by atoms with E-state index in [4.69, 9.17) is 0 Å². The Morgan fingerprint density at radius 3 is 2.50 bits per heavy atom. The van der Waals surface area contributed by atoms with E-state index in [1.54, 1.807) is 6.07 Å². The van der Waals surface area contributed by atoms with Crippen molar-refractivity contribution in [2.45, 2.75) is 24.7 Å². The summed E-state index contributed by atoms with van der Waals surface area (Å²) in [6.45, 7) is 0. The second-order valence-corrected chi connectivity index (χ2v) is 5.85. The molecule has 16 heavy (non-hydrogen) atoms. The normalized spacial score (nSPS) is 42.5. The summed E-state index contributed by atoms with van der Waals surface area (Å²) < 4.78 is 0. The molecule has 0 radical (unpaired) electrons. The van der Waals surface area contributed by atoms with Gasteiger partial charge in [-0.2, -0.15) is 0 Å². The molecule has 0 aliphatic heterocycles. The zero-order chi connectivity index (χ0) is 10.9. The highest BCUT2D eigenvalue weighted by Gasteiger charge is 2.71. The Morgan fingerprint density at radius 2 is 1.94 bits per heavy atom. The molecule has 0 heterocycles. The second-order valence-electron chi connectivity index (χ2n) is 5.85. The summed E-state index contributed by atoms with van der Waals surface area (Å²) >= 11 is 0. The molecule has 1 aromatic rings. The van der Waals surface area contributed by atoms with E-state index in [9.17, 15) is 10.0 Å². The first-order chi connectivity index (χ1) is 7.71. The summed E-state index contributed by atoms with van der Waals surface area (Å²) in [6, 6.07) is 7.90. The number of rotatable bonds is 2. The maximum Gasteiger partial charge on any atom is 0.488 e. The van der Waals surface area contributed by atoms with E-state index in [-0.39, 0.29) is 0 Å². The van der Waals surface area contributed by atoms with Crippen molar-refractivity contribution >= 4 is 12.6 Å². The standard InChI is InChI=1S/C13H15BO2/c15-14(16)11-3-1-2-10(5-11)13-6-8-4-9(7-13)12(8)13/h1-3,5,8-9,12,15-16H,4,6-7H2/t8-,9+,12?,13?. The van der Waals surface area contributed by atoms with Gasteiger partial charge in [0.1, 0.15) is 0 Å². The van der Waals surface area contributed by atoms with E-state index < -0.39 is 7.12 Å². The summed E-state index contributed by atoms with van der Waals surface area (Å²) in [5, 5.41) is 18.4. The highest BCUT2D eigenvalue weighted by molar-refractivity contribution is 6.58. The van der Waals surface area contributed by atoms with Gasteiger partial charge in [0.15, 0.2) is 0 Å². The van der Waals surface area contributed by atoms with Gasteiger partial charge in [-0.25, -0.2) is 0 Å². The molecule has 3 aliphatic rings. The molecule has 0 amide bonds. The van der Waals surface area contributed by atoms with E-state index in [1.165, 1.54) is 24.8 Å². The van der Waals surface area contributed by atoms with Crippen molar-refractivity contribution in [3.8, 4) is 0 Å². The van der Waals surface area contributed by atoms with Crippen molar-refractivity contribution in [1.82, 2.24) is 0 Å². The lowest BCUT2D eigenvalue weighted by atomic mass is 9.28. The predicted molar refractivity (Wildman–Crippen MR) is 62.3 cm³/mol. The van der Waals surface area contributed by atoms with Crippen LogP contribution in [0, 0.1) is 17.8 Å². The first-order valence-corrected chi connectivity index (χ1v) is 6.17. The van der Waals surface area contributed by atoms with Crippen LogP contribution in [0.1, 0.15) is 24.8 Å². The first-order valence-electron chi connectivity index (χ1n) is 6.17. The first kappa shape index (κ1) is 9.26. The van der Waals surface area contributed by atoms with Crippen LogP contribution < -0.4 is 5.46 Å². The Labute approximate surface area is 95.4 Å². The summed E-state index contributed by atoms with van der Waals surface area (Å²) in [5.74, 6) is 2.90. The highest BCUT2D eigenvalue weighted by Crippen LogP contribution is 2.77. The SMILES string of the molecule is OB(O)c1cccc(C23C[C@H]4C[C@@H](C2)C43)c1. The van der Waals surface area contributed by atoms with Gasteiger partial charge >= 0.3 is 7.12 Å². The molecule has 0 aromatic heterocycles. The minimum atomic E-state index is -1.33. The van der Waals surface area contributed by atoms with Crippen molar-refractivity contribution in [2.24, 2.45) is 17.8 Å². The van der Waals surface area contributed by atoms with Crippen LogP contribution >= 0.6 is 0 Å². The molecule has 0 bridgehead atoms. The van der Waals surface area contributed by atoms with Crippen LogP contribution in [0.25, 0.3) is 0 Å². The molecular formula is C13H15BO2. The van der Waals surface area contributed by atoms with Gasteiger partial charge in [-0.1, -0.05) is 24.3 Å². The van der Waals surface area contributed by atoms with Crippen molar-refractivity contribution in [3.63, 3.8) is 0 Å². The Bertz CT molecular complexity index is 445. The number of benzene rings is 1. The van der Waals surface area contributed by atoms with Gasteiger partial charge < -0.3 is 10.0 Å². The molecule has 3 aliphatic carbocycles. The van der Waals surface area contributed by atoms with Crippen molar-refractivity contribution in [3.05, 3.63) is 29.8 Å². The van der Waals surface area contributed by atoms with Crippen molar-refractivity contribution in [1.29, 1.82) is 0 Å². The highest BCUT2D eigenvalue weighted by atomic mass is 16.4. The zero-order valence-corrected chi connectivity index (χ0v) is 9.13. The lowest BCUT2D eigenvalue weighted by molar-refractivity contribution is -0.219. The van der Waals surface area contributed by atoms with Gasteiger partial charge in [0, 0.05) is 0 Å². The average molecular weight is 214 g/mol. The van der Waals surface area contributed by atoms with Gasteiger partial charge in [0.2, 0.25) is 0 Å². The monoisotopic (exact) mass is 214 g/mol. The van der Waals surface area contributed by atoms with E-state index >= 15 is 0 Å². The van der Waals surface area contributed by atoms with Crippen LogP contribution in [0.15, 0.2) is 24.3 Å². The van der Waals surface area contributed by atoms with Crippen LogP contribution in [0.3, 0.4) is 0 Å². The molecule has 1 aromatic carbocycles. The van der Waals surface area contributed by atoms with Crippen LogP contribution in [0.5, 0.6) is 0 Å². The fraction of sp³-hybridized carbons (Fsp3) is 0.538. The van der Waals surface area contributed by atoms with Crippen LogP contribution in [0.2, 0.25) is 0 Å². The van der Waals surface area contributed by atoms with Crippen LogP contribution in [-0.4, -0.2) is 17.2 Å². The summed E-state index contributed by atoms with van der Waals surface area (Å²) in [6.07, 6.45) is 4.12. The van der Waals surface area contributed by atoms with Gasteiger partial charge in [0.05, 0.1) is 0 Å². The van der Waals surface area contributed by atoms with E-state index in [0.717, 1.165) is 17.8 Å². The smallest absolute Gasteiger partial charge is 0.423 e. The van der Waals surface area contributed by atoms with Gasteiger partial charge in [-0.3, -0.25) is 0 Å². The topological polar surface area (TPSA) is 40.5 Å². The van der Waals surface area contributed by atoms with Crippen molar-refractivity contribution < 1.29 is 10.0 Å². The molecule has 82 valence electrons. The molecule has 3 saturated carbocycles. The van der Waals surface area contributed by atoms with Crippen molar-refractivity contribution in [2.75, 3.05) is 0 Å². The van der Waals surface area contributed by atoms with Gasteiger partial charge in [-0.05, 0) is 53.5 Å². The third kappa shape index (κ3) is 0.883. The second kappa shape index (κ2) is 2.71. The molecule has 0 saturated heterocycles. The van der Waals surface area contributed by atoms with E-state index in [2.05, 4.69) is 6.07 Å². The third-order valence-corrected chi connectivity index (χ3v) is 5.27. The minimum Gasteiger partial charge on any atom is -0.423 e. The van der Waals surface area contributed by atoms with E-state index in [1.807, 2.05) is 12.1 Å². The largest absolute Gasteiger partial charge is 0.488 e. The van der Waals surface area contributed by atoms with E-state index in [0.29, 0.717) is 10.9 Å². The Morgan fingerprint density at radius 1 is 1.19 bits per heavy atom. The molecule has 2 N–H and O–H groups in total. The number of hydrogen-bond donors (Lipinski definition) is 2. The fourth-order valence-corrected chi connectivity index (χ4v) is 4.60. The molecule has 2 nitrogen and oxygen atoms in total. The molecule has 2 unspecified atom stereocenters. The minimum absolute atomic E-state index is 0.429. The zero-order valence-electron chi connectivity index (χ0n) is 9.13. The Hall–Kier alpha value is -0.795. The summed E-state index contributed by atoms with van der Waals surface area (Å²) in [7, 11) is -1.33. The Balaban J connectivity index is 1.70. The summed E-state index contributed by atoms with van der Waals surface area (Å²) in [5.41, 5.74) is 2.41. The maximum atomic E-state index is 9.20. The third-order valence-electron chi connectivity index (χ3n) is 5.27. The number of hydrogen-bond acceptors (Lipinski definition) is 2. The molecule has 0 spiro atoms. The fourth-order valence-electron chi connectivity index (χ4n) is 4.60. The molecule has 4 atom stereocenters. The van der Waals surface area contributed by atoms with Gasteiger partial charge in [0.25, 0.3) is 0 Å². The maximum absolute atomic E-state index is 9.20. The van der Waals surface area contributed by atoms with Crippen LogP contribution in [-0.2, 0) is 5.41 Å². The molecule has 3 heteroatoms. The molecule has 4 rings (SSSR count). The Kier molecular flexibility index (Phi) is 1.57. The lowest BCUT2D eigenvalue weighted by Crippen LogP contribution is -2.71.